The Balaban J connectivity index is 2.03. The van der Waals surface area contributed by atoms with Crippen LogP contribution in [-0.2, 0) is 0 Å². The zero-order chi connectivity index (χ0) is 12.4. The van der Waals surface area contributed by atoms with Crippen molar-refractivity contribution >= 4 is 5.69 Å². The number of pyridine rings is 1. The van der Waals surface area contributed by atoms with Crippen LogP contribution in [0.1, 0.15) is 0 Å². The number of nitrogen functional groups attached to an aromatic ring is 1. The first-order valence-electron chi connectivity index (χ1n) is 5.52. The molecule has 1 aromatic carbocycles. The first-order valence-corrected chi connectivity index (χ1v) is 5.52. The molecule has 0 aliphatic heterocycles. The van der Waals surface area contributed by atoms with Crippen LogP contribution >= 0.6 is 0 Å². The van der Waals surface area contributed by atoms with E-state index in [-0.39, 0.29) is 0 Å². The molecule has 0 fully saturated rings. The van der Waals surface area contributed by atoms with Crippen molar-refractivity contribution in [2.24, 2.45) is 0 Å². The van der Waals surface area contributed by atoms with Crippen LogP contribution in [0.15, 0.2) is 48.8 Å². The van der Waals surface area contributed by atoms with Crippen LogP contribution in [0.4, 0.5) is 5.69 Å². The monoisotopic (exact) mass is 237 g/mol. The van der Waals surface area contributed by atoms with E-state index in [1.165, 1.54) is 0 Å². The van der Waals surface area contributed by atoms with Crippen LogP contribution < -0.4 is 5.73 Å². The van der Waals surface area contributed by atoms with Crippen molar-refractivity contribution in [2.45, 2.75) is 0 Å². The molecule has 2 heterocycles. The molecule has 18 heavy (non-hydrogen) atoms. The molecule has 0 radical (unpaired) electrons. The molecule has 5 nitrogen and oxygen atoms in total. The third-order valence-electron chi connectivity index (χ3n) is 2.62. The highest BCUT2D eigenvalue weighted by Gasteiger charge is 2.09. The zero-order valence-electron chi connectivity index (χ0n) is 9.54. The summed E-state index contributed by atoms with van der Waals surface area (Å²) in [5, 5.41) is 7.08. The standard InChI is InChI=1S/C13H11N5/c14-11-8-15-7-6-10(11)13-16-12(17-18-13)9-4-2-1-3-5-9/h1-8H,14H2,(H,16,17,18). The average Bonchev–Trinajstić information content (AvgIpc) is 2.90. The summed E-state index contributed by atoms with van der Waals surface area (Å²) in [5.41, 5.74) is 8.20. The SMILES string of the molecule is Nc1cnccc1-c1nc(-c2ccccc2)n[nH]1. The molecule has 5 heteroatoms. The Bertz CT molecular complexity index is 660. The molecule has 2 aromatic heterocycles. The predicted octanol–water partition coefficient (Wildman–Crippen LogP) is 2.12. The fraction of sp³-hybridized carbons (Fsp3) is 0. The molecule has 0 aliphatic rings. The van der Waals surface area contributed by atoms with Gasteiger partial charge >= 0.3 is 0 Å². The lowest BCUT2D eigenvalue weighted by molar-refractivity contribution is 1.10. The van der Waals surface area contributed by atoms with E-state index in [0.29, 0.717) is 17.3 Å². The lowest BCUT2D eigenvalue weighted by atomic mass is 10.2. The highest BCUT2D eigenvalue weighted by Crippen LogP contribution is 2.23. The van der Waals surface area contributed by atoms with Crippen molar-refractivity contribution in [1.29, 1.82) is 0 Å². The maximum atomic E-state index is 5.85. The molecule has 3 N–H and O–H groups in total. The van der Waals surface area contributed by atoms with Gasteiger partial charge in [-0.05, 0) is 6.07 Å². The van der Waals surface area contributed by atoms with Crippen molar-refractivity contribution in [2.75, 3.05) is 5.73 Å². The second-order valence-electron chi connectivity index (χ2n) is 3.84. The van der Waals surface area contributed by atoms with Gasteiger partial charge in [-0.15, -0.1) is 0 Å². The van der Waals surface area contributed by atoms with Gasteiger partial charge in [-0.1, -0.05) is 30.3 Å². The van der Waals surface area contributed by atoms with Crippen molar-refractivity contribution < 1.29 is 0 Å². The molecule has 0 amide bonds. The highest BCUT2D eigenvalue weighted by atomic mass is 15.2. The Morgan fingerprint density at radius 3 is 2.67 bits per heavy atom. The van der Waals surface area contributed by atoms with Gasteiger partial charge in [0.15, 0.2) is 11.6 Å². The second-order valence-corrected chi connectivity index (χ2v) is 3.84. The van der Waals surface area contributed by atoms with Crippen LogP contribution in [-0.4, -0.2) is 20.2 Å². The number of aromatic amines is 1. The Morgan fingerprint density at radius 1 is 1.06 bits per heavy atom. The van der Waals surface area contributed by atoms with E-state index in [9.17, 15) is 0 Å². The maximum Gasteiger partial charge on any atom is 0.181 e. The van der Waals surface area contributed by atoms with E-state index in [1.54, 1.807) is 12.4 Å². The Kier molecular flexibility index (Phi) is 2.49. The van der Waals surface area contributed by atoms with Crippen LogP contribution in [0.2, 0.25) is 0 Å². The van der Waals surface area contributed by atoms with Crippen molar-refractivity contribution in [3.05, 3.63) is 48.8 Å². The molecule has 0 saturated carbocycles. The molecule has 0 atom stereocenters. The summed E-state index contributed by atoms with van der Waals surface area (Å²) in [6.45, 7) is 0. The summed E-state index contributed by atoms with van der Waals surface area (Å²) in [5.74, 6) is 1.30. The average molecular weight is 237 g/mol. The largest absolute Gasteiger partial charge is 0.397 e. The molecule has 0 unspecified atom stereocenters. The van der Waals surface area contributed by atoms with E-state index >= 15 is 0 Å². The van der Waals surface area contributed by atoms with Gasteiger partial charge in [0.1, 0.15) is 0 Å². The van der Waals surface area contributed by atoms with Crippen molar-refractivity contribution in [1.82, 2.24) is 20.2 Å². The molecule has 0 spiro atoms. The summed E-state index contributed by atoms with van der Waals surface area (Å²) in [6, 6.07) is 11.6. The van der Waals surface area contributed by atoms with Gasteiger partial charge in [-0.3, -0.25) is 10.1 Å². The Labute approximate surface area is 104 Å². The highest BCUT2D eigenvalue weighted by molar-refractivity contribution is 5.71. The number of nitrogens with two attached hydrogens (primary N) is 1. The summed E-state index contributed by atoms with van der Waals surface area (Å²) < 4.78 is 0. The zero-order valence-corrected chi connectivity index (χ0v) is 9.54. The lowest BCUT2D eigenvalue weighted by Gasteiger charge is -1.99. The number of aromatic nitrogens is 4. The van der Waals surface area contributed by atoms with Crippen LogP contribution in [0.3, 0.4) is 0 Å². The third-order valence-corrected chi connectivity index (χ3v) is 2.62. The molecule has 0 bridgehead atoms. The molecule has 0 aliphatic carbocycles. The number of nitrogens with zero attached hydrogens (tertiary/aromatic N) is 3. The smallest absolute Gasteiger partial charge is 0.181 e. The fourth-order valence-corrected chi connectivity index (χ4v) is 1.72. The number of rotatable bonds is 2. The second kappa shape index (κ2) is 4.29. The normalized spacial score (nSPS) is 10.4. The summed E-state index contributed by atoms with van der Waals surface area (Å²) in [4.78, 5) is 8.39. The quantitative estimate of drug-likeness (QED) is 0.715. The molecule has 88 valence electrons. The van der Waals surface area contributed by atoms with Crippen molar-refractivity contribution in [3.63, 3.8) is 0 Å². The lowest BCUT2D eigenvalue weighted by Crippen LogP contribution is -1.92. The van der Waals surface area contributed by atoms with Gasteiger partial charge in [0, 0.05) is 17.3 Å². The van der Waals surface area contributed by atoms with Crippen molar-refractivity contribution in [3.8, 4) is 22.8 Å². The first-order chi connectivity index (χ1) is 8.84. The fourth-order valence-electron chi connectivity index (χ4n) is 1.72. The number of H-pyrrole nitrogens is 1. The first kappa shape index (κ1) is 10.5. The number of hydrogen-bond donors (Lipinski definition) is 2. The molecular weight excluding hydrogens is 226 g/mol. The predicted molar refractivity (Wildman–Crippen MR) is 69.5 cm³/mol. The maximum absolute atomic E-state index is 5.85. The van der Waals surface area contributed by atoms with Gasteiger partial charge < -0.3 is 5.73 Å². The van der Waals surface area contributed by atoms with E-state index < -0.39 is 0 Å². The van der Waals surface area contributed by atoms with E-state index in [1.807, 2.05) is 36.4 Å². The van der Waals surface area contributed by atoms with Crippen LogP contribution in [0.25, 0.3) is 22.8 Å². The molecule has 0 saturated heterocycles. The molecule has 3 aromatic rings. The minimum absolute atomic E-state index is 0.577. The minimum Gasteiger partial charge on any atom is -0.397 e. The summed E-state index contributed by atoms with van der Waals surface area (Å²) in [6.07, 6.45) is 3.27. The topological polar surface area (TPSA) is 80.5 Å². The van der Waals surface area contributed by atoms with Gasteiger partial charge in [-0.25, -0.2) is 4.98 Å². The Morgan fingerprint density at radius 2 is 1.89 bits per heavy atom. The van der Waals surface area contributed by atoms with Crippen LogP contribution in [0, 0.1) is 0 Å². The van der Waals surface area contributed by atoms with Gasteiger partial charge in [0.05, 0.1) is 11.9 Å². The van der Waals surface area contributed by atoms with E-state index in [0.717, 1.165) is 11.1 Å². The van der Waals surface area contributed by atoms with E-state index in [4.69, 9.17) is 5.73 Å². The van der Waals surface area contributed by atoms with Gasteiger partial charge in [0.25, 0.3) is 0 Å². The summed E-state index contributed by atoms with van der Waals surface area (Å²) in [7, 11) is 0. The van der Waals surface area contributed by atoms with Gasteiger partial charge in [-0.2, -0.15) is 5.10 Å². The molecule has 3 rings (SSSR count). The summed E-state index contributed by atoms with van der Waals surface area (Å²) >= 11 is 0. The molecular formula is C13H11N5. The Hall–Kier alpha value is -2.69. The van der Waals surface area contributed by atoms with Crippen LogP contribution in [0.5, 0.6) is 0 Å². The minimum atomic E-state index is 0.577. The third kappa shape index (κ3) is 1.82. The van der Waals surface area contributed by atoms with E-state index in [2.05, 4.69) is 20.2 Å². The number of nitrogens with one attached hydrogen (secondary N) is 1. The number of hydrogen-bond acceptors (Lipinski definition) is 4. The van der Waals surface area contributed by atoms with Gasteiger partial charge in [0.2, 0.25) is 0 Å². The number of anilines is 1. The number of benzene rings is 1.